The molecule has 2 aromatic carbocycles. The van der Waals surface area contributed by atoms with Crippen LogP contribution in [-0.4, -0.2) is 46.8 Å². The summed E-state index contributed by atoms with van der Waals surface area (Å²) >= 11 is 0. The number of carbonyl (C=O) groups excluding carboxylic acids is 1. The topological polar surface area (TPSA) is 41.4 Å². The maximum Gasteiger partial charge on any atom is 0.272 e. The van der Waals surface area contributed by atoms with Crippen molar-refractivity contribution in [1.82, 2.24) is 14.7 Å². The Bertz CT molecular complexity index is 971. The Balaban J connectivity index is 1.50. The lowest BCUT2D eigenvalue weighted by Crippen LogP contribution is -2.49. The van der Waals surface area contributed by atoms with Crippen molar-refractivity contribution in [3.05, 3.63) is 77.4 Å². The number of hydrogen-bond acceptors (Lipinski definition) is 3. The van der Waals surface area contributed by atoms with Crippen LogP contribution in [0.25, 0.3) is 5.69 Å². The first-order valence-electron chi connectivity index (χ1n) is 9.45. The highest BCUT2D eigenvalue weighted by Crippen LogP contribution is 2.20. The van der Waals surface area contributed by atoms with E-state index >= 15 is 0 Å². The summed E-state index contributed by atoms with van der Waals surface area (Å²) in [5.41, 5.74) is 4.42. The lowest BCUT2D eigenvalue weighted by molar-refractivity contribution is 0.0737. The number of anilines is 1. The highest BCUT2D eigenvalue weighted by Gasteiger charge is 2.25. The van der Waals surface area contributed by atoms with Crippen molar-refractivity contribution < 1.29 is 9.18 Å². The van der Waals surface area contributed by atoms with Gasteiger partial charge in [0.1, 0.15) is 11.5 Å². The highest BCUT2D eigenvalue weighted by molar-refractivity contribution is 5.93. The van der Waals surface area contributed by atoms with Gasteiger partial charge in [-0.15, -0.1) is 0 Å². The number of rotatable bonds is 3. The molecule has 2 heterocycles. The number of halogens is 1. The SMILES string of the molecule is Cc1ccc(-n2nc(C)cc2C(=O)N2CCN(c3ccc(F)cc3)CC2)cc1. The van der Waals surface area contributed by atoms with Gasteiger partial charge in [-0.1, -0.05) is 17.7 Å². The summed E-state index contributed by atoms with van der Waals surface area (Å²) in [6.45, 7) is 6.60. The van der Waals surface area contributed by atoms with Crippen LogP contribution >= 0.6 is 0 Å². The average molecular weight is 378 g/mol. The first-order chi connectivity index (χ1) is 13.5. The molecule has 1 saturated heterocycles. The second-order valence-electron chi connectivity index (χ2n) is 7.17. The Labute approximate surface area is 164 Å². The van der Waals surface area contributed by atoms with Crippen LogP contribution < -0.4 is 4.90 Å². The number of amides is 1. The molecule has 1 aliphatic heterocycles. The Hall–Kier alpha value is -3.15. The van der Waals surface area contributed by atoms with Crippen molar-refractivity contribution in [1.29, 1.82) is 0 Å². The van der Waals surface area contributed by atoms with Crippen molar-refractivity contribution in [2.24, 2.45) is 0 Å². The number of piperazine rings is 1. The van der Waals surface area contributed by atoms with Crippen molar-refractivity contribution in [2.75, 3.05) is 31.1 Å². The maximum atomic E-state index is 13.2. The quantitative estimate of drug-likeness (QED) is 0.699. The first kappa shape index (κ1) is 18.2. The van der Waals surface area contributed by atoms with Gasteiger partial charge in [-0.3, -0.25) is 4.79 Å². The van der Waals surface area contributed by atoms with E-state index in [1.807, 2.05) is 49.1 Å². The molecule has 0 N–H and O–H groups in total. The van der Waals surface area contributed by atoms with Gasteiger partial charge < -0.3 is 9.80 Å². The second-order valence-corrected chi connectivity index (χ2v) is 7.17. The predicted octanol–water partition coefficient (Wildman–Crippen LogP) is 3.59. The minimum Gasteiger partial charge on any atom is -0.368 e. The molecular weight excluding hydrogens is 355 g/mol. The van der Waals surface area contributed by atoms with Crippen LogP contribution in [0.3, 0.4) is 0 Å². The Kier molecular flexibility index (Phi) is 4.86. The fourth-order valence-electron chi connectivity index (χ4n) is 3.52. The van der Waals surface area contributed by atoms with Gasteiger partial charge in [-0.25, -0.2) is 9.07 Å². The molecule has 0 atom stereocenters. The largest absolute Gasteiger partial charge is 0.368 e. The van der Waals surface area contributed by atoms with Crippen LogP contribution in [0.4, 0.5) is 10.1 Å². The van der Waals surface area contributed by atoms with E-state index in [2.05, 4.69) is 10.00 Å². The summed E-state index contributed by atoms with van der Waals surface area (Å²) in [7, 11) is 0. The van der Waals surface area contributed by atoms with Crippen molar-refractivity contribution >= 4 is 11.6 Å². The molecule has 0 saturated carbocycles. The van der Waals surface area contributed by atoms with E-state index in [1.54, 1.807) is 16.8 Å². The maximum absolute atomic E-state index is 13.2. The Morgan fingerprint density at radius 1 is 0.893 bits per heavy atom. The van der Waals surface area contributed by atoms with Crippen molar-refractivity contribution in [2.45, 2.75) is 13.8 Å². The monoisotopic (exact) mass is 378 g/mol. The standard InChI is InChI=1S/C22H23FN4O/c1-16-3-7-20(8-4-16)27-21(15-17(2)24-27)22(28)26-13-11-25(12-14-26)19-9-5-18(23)6-10-19/h3-10,15H,11-14H2,1-2H3. The van der Waals surface area contributed by atoms with Crippen LogP contribution in [0.15, 0.2) is 54.6 Å². The third-order valence-corrected chi connectivity index (χ3v) is 5.09. The molecule has 1 fully saturated rings. The van der Waals surface area contributed by atoms with Gasteiger partial charge in [0, 0.05) is 31.9 Å². The Morgan fingerprint density at radius 2 is 1.50 bits per heavy atom. The van der Waals surface area contributed by atoms with Crippen molar-refractivity contribution in [3.8, 4) is 5.69 Å². The second kappa shape index (κ2) is 7.46. The summed E-state index contributed by atoms with van der Waals surface area (Å²) in [5, 5.41) is 4.52. The van der Waals surface area contributed by atoms with E-state index in [0.29, 0.717) is 18.8 Å². The molecule has 1 aromatic heterocycles. The van der Waals surface area contributed by atoms with Gasteiger partial charge in [0.05, 0.1) is 11.4 Å². The minimum absolute atomic E-state index is 0.0140. The van der Waals surface area contributed by atoms with Crippen LogP contribution in [0.2, 0.25) is 0 Å². The molecule has 4 rings (SSSR count). The number of aromatic nitrogens is 2. The molecule has 144 valence electrons. The van der Waals surface area contributed by atoms with Crippen molar-refractivity contribution in [3.63, 3.8) is 0 Å². The van der Waals surface area contributed by atoms with Crippen LogP contribution in [0.5, 0.6) is 0 Å². The van der Waals surface area contributed by atoms with E-state index < -0.39 is 0 Å². The fraction of sp³-hybridized carbons (Fsp3) is 0.273. The molecular formula is C22H23FN4O. The van der Waals surface area contributed by atoms with E-state index in [4.69, 9.17) is 0 Å². The van der Waals surface area contributed by atoms with E-state index in [-0.39, 0.29) is 11.7 Å². The Morgan fingerprint density at radius 3 is 2.14 bits per heavy atom. The number of aryl methyl sites for hydroxylation is 2. The smallest absolute Gasteiger partial charge is 0.272 e. The normalized spacial score (nSPS) is 14.4. The lowest BCUT2D eigenvalue weighted by atomic mass is 10.2. The van der Waals surface area contributed by atoms with E-state index in [0.717, 1.165) is 35.7 Å². The number of nitrogens with zero attached hydrogens (tertiary/aromatic N) is 4. The number of hydrogen-bond donors (Lipinski definition) is 0. The summed E-state index contributed by atoms with van der Waals surface area (Å²) in [6.07, 6.45) is 0. The van der Waals surface area contributed by atoms with Gasteiger partial charge in [-0.05, 0) is 56.3 Å². The summed E-state index contributed by atoms with van der Waals surface area (Å²) in [4.78, 5) is 17.2. The molecule has 0 bridgehead atoms. The molecule has 0 aliphatic carbocycles. The summed E-state index contributed by atoms with van der Waals surface area (Å²) in [6, 6.07) is 16.3. The molecule has 1 amide bonds. The van der Waals surface area contributed by atoms with Gasteiger partial charge in [0.2, 0.25) is 0 Å². The summed E-state index contributed by atoms with van der Waals surface area (Å²) in [5.74, 6) is -0.253. The van der Waals surface area contributed by atoms with E-state index in [9.17, 15) is 9.18 Å². The third-order valence-electron chi connectivity index (χ3n) is 5.09. The zero-order valence-electron chi connectivity index (χ0n) is 16.1. The van der Waals surface area contributed by atoms with E-state index in [1.165, 1.54) is 12.1 Å². The van der Waals surface area contributed by atoms with Crippen LogP contribution in [0.1, 0.15) is 21.7 Å². The van der Waals surface area contributed by atoms with Gasteiger partial charge in [0.25, 0.3) is 5.91 Å². The molecule has 3 aromatic rings. The van der Waals surface area contributed by atoms with Gasteiger partial charge in [-0.2, -0.15) is 5.10 Å². The molecule has 6 heteroatoms. The highest BCUT2D eigenvalue weighted by atomic mass is 19.1. The first-order valence-corrected chi connectivity index (χ1v) is 9.45. The zero-order chi connectivity index (χ0) is 19.7. The minimum atomic E-state index is -0.239. The molecule has 28 heavy (non-hydrogen) atoms. The zero-order valence-corrected chi connectivity index (χ0v) is 16.1. The third kappa shape index (κ3) is 3.63. The fourth-order valence-corrected chi connectivity index (χ4v) is 3.52. The number of carbonyl (C=O) groups is 1. The molecule has 0 radical (unpaired) electrons. The van der Waals surface area contributed by atoms with Crippen LogP contribution in [-0.2, 0) is 0 Å². The van der Waals surface area contributed by atoms with Gasteiger partial charge >= 0.3 is 0 Å². The molecule has 0 unspecified atom stereocenters. The van der Waals surface area contributed by atoms with Crippen LogP contribution in [0, 0.1) is 19.7 Å². The molecule has 5 nitrogen and oxygen atoms in total. The summed E-state index contributed by atoms with van der Waals surface area (Å²) < 4.78 is 14.9. The average Bonchev–Trinajstić information content (AvgIpc) is 3.10. The lowest BCUT2D eigenvalue weighted by Gasteiger charge is -2.36. The van der Waals surface area contributed by atoms with Gasteiger partial charge in [0.15, 0.2) is 0 Å². The molecule has 0 spiro atoms. The molecule has 1 aliphatic rings. The predicted molar refractivity (Wildman–Crippen MR) is 108 cm³/mol. The number of benzene rings is 2.